The van der Waals surface area contributed by atoms with E-state index in [4.69, 9.17) is 0 Å². The zero-order valence-electron chi connectivity index (χ0n) is 19.9. The van der Waals surface area contributed by atoms with Crippen molar-refractivity contribution in [3.05, 3.63) is 167 Å². The van der Waals surface area contributed by atoms with E-state index in [-0.39, 0.29) is 5.41 Å². The quantitative estimate of drug-likeness (QED) is 0.244. The van der Waals surface area contributed by atoms with Crippen LogP contribution in [0.4, 0.5) is 0 Å². The zero-order chi connectivity index (χ0) is 23.7. The van der Waals surface area contributed by atoms with Crippen molar-refractivity contribution in [1.82, 2.24) is 0 Å². The lowest BCUT2D eigenvalue weighted by Crippen LogP contribution is -2.26. The molecule has 2 aliphatic carbocycles. The highest BCUT2D eigenvalue weighted by Crippen LogP contribution is 2.62. The van der Waals surface area contributed by atoms with E-state index in [0.717, 1.165) is 6.42 Å². The van der Waals surface area contributed by atoms with Crippen LogP contribution in [-0.2, 0) is 11.8 Å². The second kappa shape index (κ2) is 7.29. The van der Waals surface area contributed by atoms with Crippen LogP contribution in [0.15, 0.2) is 133 Å². The Morgan fingerprint density at radius 3 is 1.47 bits per heavy atom. The molecule has 0 saturated carbocycles. The van der Waals surface area contributed by atoms with Crippen LogP contribution in [0.5, 0.6) is 0 Å². The average Bonchev–Trinajstić information content (AvgIpc) is 3.40. The molecule has 0 saturated heterocycles. The topological polar surface area (TPSA) is 0 Å². The van der Waals surface area contributed by atoms with Crippen molar-refractivity contribution in [2.75, 3.05) is 0 Å². The first-order valence-electron chi connectivity index (χ1n) is 12.7. The van der Waals surface area contributed by atoms with Crippen molar-refractivity contribution in [3.63, 3.8) is 0 Å². The number of fused-ring (bicyclic) bond motifs is 11. The van der Waals surface area contributed by atoms with E-state index in [1.165, 1.54) is 66.4 Å². The predicted octanol–water partition coefficient (Wildman–Crippen LogP) is 8.77. The smallest absolute Gasteiger partial charge is 0.0619 e. The SMILES string of the molecule is c1ccc2c(c1)-c1ccccc1C21c2ccccc2-c2ccc(Cc3ccc4ccccc4c3)cc21. The molecule has 8 rings (SSSR count). The van der Waals surface area contributed by atoms with E-state index in [0.29, 0.717) is 0 Å². The summed E-state index contributed by atoms with van der Waals surface area (Å²) in [6, 6.07) is 49.7. The Balaban J connectivity index is 1.37. The van der Waals surface area contributed by atoms with E-state index >= 15 is 0 Å². The minimum atomic E-state index is -0.265. The second-order valence-corrected chi connectivity index (χ2v) is 10.1. The molecule has 0 heterocycles. The summed E-state index contributed by atoms with van der Waals surface area (Å²) in [4.78, 5) is 0. The van der Waals surface area contributed by atoms with Crippen molar-refractivity contribution in [2.24, 2.45) is 0 Å². The zero-order valence-corrected chi connectivity index (χ0v) is 19.9. The number of hydrogen-bond acceptors (Lipinski definition) is 0. The summed E-state index contributed by atoms with van der Waals surface area (Å²) in [7, 11) is 0. The molecule has 0 aromatic heterocycles. The van der Waals surface area contributed by atoms with Crippen molar-refractivity contribution >= 4 is 10.8 Å². The van der Waals surface area contributed by atoms with Gasteiger partial charge in [0.2, 0.25) is 0 Å². The van der Waals surface area contributed by atoms with Crippen LogP contribution < -0.4 is 0 Å². The highest BCUT2D eigenvalue weighted by molar-refractivity contribution is 5.95. The van der Waals surface area contributed by atoms with Crippen molar-refractivity contribution in [2.45, 2.75) is 11.8 Å². The summed E-state index contributed by atoms with van der Waals surface area (Å²) in [5.41, 5.74) is 13.5. The highest BCUT2D eigenvalue weighted by Gasteiger charge is 2.51. The molecular formula is C36H24. The lowest BCUT2D eigenvalue weighted by molar-refractivity contribution is 0.792. The monoisotopic (exact) mass is 456 g/mol. The van der Waals surface area contributed by atoms with Crippen LogP contribution in [0.1, 0.15) is 33.4 Å². The molecule has 0 unspecified atom stereocenters. The summed E-state index contributed by atoms with van der Waals surface area (Å²) >= 11 is 0. The minimum Gasteiger partial charge on any atom is -0.0619 e. The molecule has 0 aliphatic heterocycles. The molecular weight excluding hydrogens is 432 g/mol. The first-order chi connectivity index (χ1) is 17.8. The van der Waals surface area contributed by atoms with E-state index in [1.54, 1.807) is 0 Å². The molecule has 36 heavy (non-hydrogen) atoms. The standard InChI is InChI=1S/C36H24/c1-2-10-27-22-24(17-19-26(27)9-1)21-25-18-20-31-30-13-5-8-16-34(30)36(35(31)23-25)32-14-6-3-11-28(32)29-12-4-7-15-33(29)36/h1-20,22-23H,21H2. The predicted molar refractivity (Wildman–Crippen MR) is 149 cm³/mol. The van der Waals surface area contributed by atoms with Gasteiger partial charge in [-0.15, -0.1) is 0 Å². The van der Waals surface area contributed by atoms with Crippen LogP contribution in [0.25, 0.3) is 33.0 Å². The molecule has 0 N–H and O–H groups in total. The van der Waals surface area contributed by atoms with Crippen molar-refractivity contribution < 1.29 is 0 Å². The normalized spacial score (nSPS) is 13.9. The van der Waals surface area contributed by atoms with Gasteiger partial charge >= 0.3 is 0 Å². The van der Waals surface area contributed by atoms with Crippen molar-refractivity contribution in [3.8, 4) is 22.3 Å². The maximum atomic E-state index is 2.49. The van der Waals surface area contributed by atoms with Crippen LogP contribution >= 0.6 is 0 Å². The molecule has 0 bridgehead atoms. The molecule has 0 radical (unpaired) electrons. The summed E-state index contributed by atoms with van der Waals surface area (Å²) in [6.07, 6.45) is 0.924. The Morgan fingerprint density at radius 1 is 0.361 bits per heavy atom. The minimum absolute atomic E-state index is 0.265. The van der Waals surface area contributed by atoms with Gasteiger partial charge in [0.1, 0.15) is 0 Å². The lowest BCUT2D eigenvalue weighted by Gasteiger charge is -2.30. The molecule has 6 aromatic carbocycles. The van der Waals surface area contributed by atoms with Gasteiger partial charge in [0.25, 0.3) is 0 Å². The summed E-state index contributed by atoms with van der Waals surface area (Å²) in [5, 5.41) is 2.60. The van der Waals surface area contributed by atoms with E-state index < -0.39 is 0 Å². The molecule has 0 amide bonds. The molecule has 2 aliphatic rings. The van der Waals surface area contributed by atoms with Gasteiger partial charge in [-0.25, -0.2) is 0 Å². The third-order valence-electron chi connectivity index (χ3n) is 8.28. The van der Waals surface area contributed by atoms with Gasteiger partial charge in [0.05, 0.1) is 5.41 Å². The van der Waals surface area contributed by atoms with Gasteiger partial charge in [-0.2, -0.15) is 0 Å². The first kappa shape index (κ1) is 19.8. The van der Waals surface area contributed by atoms with Gasteiger partial charge in [-0.05, 0) is 72.8 Å². The molecule has 0 heteroatoms. The Hall–Kier alpha value is -4.42. The number of benzene rings is 6. The maximum Gasteiger partial charge on any atom is 0.0725 e. The van der Waals surface area contributed by atoms with Gasteiger partial charge in [0, 0.05) is 0 Å². The number of hydrogen-bond donors (Lipinski definition) is 0. The Kier molecular flexibility index (Phi) is 4.02. The number of rotatable bonds is 2. The third-order valence-corrected chi connectivity index (χ3v) is 8.28. The lowest BCUT2D eigenvalue weighted by atomic mass is 9.70. The third kappa shape index (κ3) is 2.54. The largest absolute Gasteiger partial charge is 0.0725 e. The molecule has 0 nitrogen and oxygen atoms in total. The Labute approximate surface area is 211 Å². The molecule has 0 atom stereocenters. The van der Waals surface area contributed by atoms with Gasteiger partial charge in [-0.3, -0.25) is 0 Å². The molecule has 1 spiro atoms. The van der Waals surface area contributed by atoms with E-state index in [2.05, 4.69) is 133 Å². The summed E-state index contributed by atoms with van der Waals surface area (Å²) in [5.74, 6) is 0. The fraction of sp³-hybridized carbons (Fsp3) is 0.0556. The average molecular weight is 457 g/mol. The van der Waals surface area contributed by atoms with Crippen LogP contribution in [0, 0.1) is 0 Å². The summed E-state index contributed by atoms with van der Waals surface area (Å²) < 4.78 is 0. The van der Waals surface area contributed by atoms with Crippen LogP contribution in [0.3, 0.4) is 0 Å². The van der Waals surface area contributed by atoms with Gasteiger partial charge < -0.3 is 0 Å². The van der Waals surface area contributed by atoms with E-state index in [1.807, 2.05) is 0 Å². The maximum absolute atomic E-state index is 2.49. The Morgan fingerprint density at radius 2 is 0.833 bits per heavy atom. The van der Waals surface area contributed by atoms with Gasteiger partial charge in [0.15, 0.2) is 0 Å². The van der Waals surface area contributed by atoms with Crippen molar-refractivity contribution in [1.29, 1.82) is 0 Å². The summed E-state index contributed by atoms with van der Waals surface area (Å²) in [6.45, 7) is 0. The second-order valence-electron chi connectivity index (χ2n) is 10.1. The molecule has 168 valence electrons. The van der Waals surface area contributed by atoms with Gasteiger partial charge in [-0.1, -0.05) is 133 Å². The fourth-order valence-corrected chi connectivity index (χ4v) is 6.84. The van der Waals surface area contributed by atoms with E-state index in [9.17, 15) is 0 Å². The fourth-order valence-electron chi connectivity index (χ4n) is 6.84. The van der Waals surface area contributed by atoms with Crippen LogP contribution in [0.2, 0.25) is 0 Å². The van der Waals surface area contributed by atoms with Crippen LogP contribution in [-0.4, -0.2) is 0 Å². The first-order valence-corrected chi connectivity index (χ1v) is 12.7. The Bertz CT molecular complexity index is 1760. The molecule has 0 fully saturated rings. The molecule has 6 aromatic rings. The highest BCUT2D eigenvalue weighted by atomic mass is 14.5.